The maximum absolute atomic E-state index is 10.9. The van der Waals surface area contributed by atoms with Crippen molar-refractivity contribution < 1.29 is 19.4 Å². The molecule has 0 heterocycles. The van der Waals surface area contributed by atoms with E-state index < -0.39 is 12.0 Å². The largest absolute Gasteiger partial charge is 0.496 e. The van der Waals surface area contributed by atoms with Crippen molar-refractivity contribution in [2.24, 2.45) is 0 Å². The summed E-state index contributed by atoms with van der Waals surface area (Å²) in [6.07, 6.45) is 0. The molecule has 0 bridgehead atoms. The SMILES string of the molecule is COCC(Nc1ccc(OC)c(C)c1)C(=O)O. The number of hydrogen-bond acceptors (Lipinski definition) is 4. The first-order valence-electron chi connectivity index (χ1n) is 5.21. The van der Waals surface area contributed by atoms with E-state index >= 15 is 0 Å². The third kappa shape index (κ3) is 3.64. The zero-order valence-corrected chi connectivity index (χ0v) is 10.2. The Bertz CT molecular complexity index is 392. The van der Waals surface area contributed by atoms with Crippen LogP contribution in [0, 0.1) is 6.92 Å². The van der Waals surface area contributed by atoms with Crippen molar-refractivity contribution in [1.82, 2.24) is 0 Å². The predicted octanol–water partition coefficient (Wildman–Crippen LogP) is 1.52. The van der Waals surface area contributed by atoms with Crippen molar-refractivity contribution >= 4 is 11.7 Å². The van der Waals surface area contributed by atoms with Gasteiger partial charge in [0.2, 0.25) is 0 Å². The van der Waals surface area contributed by atoms with Crippen LogP contribution < -0.4 is 10.1 Å². The van der Waals surface area contributed by atoms with E-state index in [0.29, 0.717) is 0 Å². The first-order chi connectivity index (χ1) is 8.08. The van der Waals surface area contributed by atoms with Crippen LogP contribution in [0.25, 0.3) is 0 Å². The van der Waals surface area contributed by atoms with Crippen LogP contribution in [0.3, 0.4) is 0 Å². The number of aryl methyl sites for hydroxylation is 1. The van der Waals surface area contributed by atoms with E-state index in [1.807, 2.05) is 13.0 Å². The fourth-order valence-corrected chi connectivity index (χ4v) is 1.51. The molecule has 1 rings (SSSR count). The van der Waals surface area contributed by atoms with Crippen LogP contribution in [-0.2, 0) is 9.53 Å². The van der Waals surface area contributed by atoms with E-state index in [1.54, 1.807) is 19.2 Å². The lowest BCUT2D eigenvalue weighted by Gasteiger charge is -2.15. The maximum atomic E-state index is 10.9. The molecular weight excluding hydrogens is 222 g/mol. The van der Waals surface area contributed by atoms with Crippen molar-refractivity contribution in [3.63, 3.8) is 0 Å². The number of carboxylic acids is 1. The molecule has 17 heavy (non-hydrogen) atoms. The fourth-order valence-electron chi connectivity index (χ4n) is 1.51. The molecular formula is C12H17NO4. The summed E-state index contributed by atoms with van der Waals surface area (Å²) in [6, 6.07) is 4.65. The minimum Gasteiger partial charge on any atom is -0.496 e. The van der Waals surface area contributed by atoms with Gasteiger partial charge >= 0.3 is 5.97 Å². The Labute approximate surface area is 100 Å². The van der Waals surface area contributed by atoms with Gasteiger partial charge < -0.3 is 19.9 Å². The van der Waals surface area contributed by atoms with Crippen molar-refractivity contribution in [3.8, 4) is 5.75 Å². The van der Waals surface area contributed by atoms with E-state index in [4.69, 9.17) is 14.6 Å². The normalized spacial score (nSPS) is 11.9. The zero-order chi connectivity index (χ0) is 12.8. The lowest BCUT2D eigenvalue weighted by Crippen LogP contribution is -2.33. The standard InChI is InChI=1S/C12H17NO4/c1-8-6-9(4-5-11(8)17-3)13-10(7-16-2)12(14)15/h4-6,10,13H,7H2,1-3H3,(H,14,15). The van der Waals surface area contributed by atoms with Crippen molar-refractivity contribution in [2.45, 2.75) is 13.0 Å². The number of anilines is 1. The number of carboxylic acid groups (broad SMARTS) is 1. The Balaban J connectivity index is 2.79. The van der Waals surface area contributed by atoms with Gasteiger partial charge in [0.1, 0.15) is 11.8 Å². The van der Waals surface area contributed by atoms with Gasteiger partial charge in [-0.3, -0.25) is 0 Å². The topological polar surface area (TPSA) is 67.8 Å². The molecule has 5 heteroatoms. The second-order valence-electron chi connectivity index (χ2n) is 3.67. The molecule has 0 saturated heterocycles. The van der Waals surface area contributed by atoms with Crippen molar-refractivity contribution in [3.05, 3.63) is 23.8 Å². The highest BCUT2D eigenvalue weighted by Crippen LogP contribution is 2.21. The average molecular weight is 239 g/mol. The summed E-state index contributed by atoms with van der Waals surface area (Å²) in [4.78, 5) is 10.9. The summed E-state index contributed by atoms with van der Waals surface area (Å²) in [5.74, 6) is -0.172. The molecule has 0 fully saturated rings. The van der Waals surface area contributed by atoms with Crippen LogP contribution in [0.15, 0.2) is 18.2 Å². The van der Waals surface area contributed by atoms with Crippen LogP contribution in [0.1, 0.15) is 5.56 Å². The Hall–Kier alpha value is -1.75. The molecule has 2 N–H and O–H groups in total. The van der Waals surface area contributed by atoms with Crippen LogP contribution in [-0.4, -0.2) is 37.9 Å². The molecule has 0 spiro atoms. The average Bonchev–Trinajstić information content (AvgIpc) is 2.28. The van der Waals surface area contributed by atoms with Gasteiger partial charge in [-0.1, -0.05) is 0 Å². The van der Waals surface area contributed by atoms with E-state index in [2.05, 4.69) is 5.32 Å². The summed E-state index contributed by atoms with van der Waals surface area (Å²) in [7, 11) is 3.07. The van der Waals surface area contributed by atoms with Gasteiger partial charge in [-0.15, -0.1) is 0 Å². The highest BCUT2D eigenvalue weighted by Gasteiger charge is 2.16. The van der Waals surface area contributed by atoms with Gasteiger partial charge in [-0.2, -0.15) is 0 Å². The van der Waals surface area contributed by atoms with Crippen LogP contribution in [0.4, 0.5) is 5.69 Å². The Morgan fingerprint density at radius 3 is 2.65 bits per heavy atom. The quantitative estimate of drug-likeness (QED) is 0.787. The number of aliphatic carboxylic acids is 1. The van der Waals surface area contributed by atoms with E-state index in [9.17, 15) is 4.79 Å². The lowest BCUT2D eigenvalue weighted by molar-refractivity contribution is -0.139. The number of nitrogens with one attached hydrogen (secondary N) is 1. The Kier molecular flexibility index (Phi) is 4.78. The number of hydrogen-bond donors (Lipinski definition) is 2. The van der Waals surface area contributed by atoms with Crippen molar-refractivity contribution in [2.75, 3.05) is 26.1 Å². The lowest BCUT2D eigenvalue weighted by atomic mass is 10.2. The first kappa shape index (κ1) is 13.3. The second-order valence-corrected chi connectivity index (χ2v) is 3.67. The number of carbonyl (C=O) groups is 1. The Morgan fingerprint density at radius 2 is 2.18 bits per heavy atom. The van der Waals surface area contributed by atoms with Gasteiger partial charge in [0, 0.05) is 12.8 Å². The molecule has 0 radical (unpaired) electrons. The first-order valence-corrected chi connectivity index (χ1v) is 5.21. The van der Waals surface area contributed by atoms with Crippen LogP contribution >= 0.6 is 0 Å². The number of benzene rings is 1. The van der Waals surface area contributed by atoms with E-state index in [0.717, 1.165) is 17.0 Å². The summed E-state index contributed by atoms with van der Waals surface area (Å²) in [5.41, 5.74) is 1.67. The summed E-state index contributed by atoms with van der Waals surface area (Å²) in [6.45, 7) is 2.01. The summed E-state index contributed by atoms with van der Waals surface area (Å²) in [5, 5.41) is 11.9. The van der Waals surface area contributed by atoms with Gasteiger partial charge in [-0.25, -0.2) is 4.79 Å². The van der Waals surface area contributed by atoms with Crippen molar-refractivity contribution in [1.29, 1.82) is 0 Å². The molecule has 1 unspecified atom stereocenters. The molecule has 94 valence electrons. The molecule has 0 aliphatic carbocycles. The van der Waals surface area contributed by atoms with E-state index in [1.165, 1.54) is 7.11 Å². The van der Waals surface area contributed by atoms with Crippen LogP contribution in [0.2, 0.25) is 0 Å². The second kappa shape index (κ2) is 6.10. The monoisotopic (exact) mass is 239 g/mol. The van der Waals surface area contributed by atoms with E-state index in [-0.39, 0.29) is 6.61 Å². The van der Waals surface area contributed by atoms with Crippen LogP contribution in [0.5, 0.6) is 5.75 Å². The minimum absolute atomic E-state index is 0.112. The molecule has 5 nitrogen and oxygen atoms in total. The highest BCUT2D eigenvalue weighted by atomic mass is 16.5. The maximum Gasteiger partial charge on any atom is 0.328 e. The van der Waals surface area contributed by atoms with Gasteiger partial charge in [-0.05, 0) is 30.7 Å². The number of rotatable bonds is 6. The molecule has 0 aromatic heterocycles. The number of ether oxygens (including phenoxy) is 2. The molecule has 1 aromatic carbocycles. The molecule has 0 aliphatic heterocycles. The van der Waals surface area contributed by atoms with Gasteiger partial charge in [0.05, 0.1) is 13.7 Å². The third-order valence-corrected chi connectivity index (χ3v) is 2.37. The Morgan fingerprint density at radius 1 is 1.47 bits per heavy atom. The highest BCUT2D eigenvalue weighted by molar-refractivity contribution is 5.77. The van der Waals surface area contributed by atoms with Gasteiger partial charge in [0.25, 0.3) is 0 Å². The minimum atomic E-state index is -0.944. The molecule has 0 amide bonds. The summed E-state index contributed by atoms with van der Waals surface area (Å²) >= 11 is 0. The smallest absolute Gasteiger partial charge is 0.328 e. The molecule has 1 aromatic rings. The third-order valence-electron chi connectivity index (χ3n) is 2.37. The number of methoxy groups -OCH3 is 2. The predicted molar refractivity (Wildman–Crippen MR) is 64.7 cm³/mol. The molecule has 0 saturated carbocycles. The zero-order valence-electron chi connectivity index (χ0n) is 10.2. The van der Waals surface area contributed by atoms with Gasteiger partial charge in [0.15, 0.2) is 0 Å². The molecule has 1 atom stereocenters. The fraction of sp³-hybridized carbons (Fsp3) is 0.417. The summed E-state index contributed by atoms with van der Waals surface area (Å²) < 4.78 is 9.98. The molecule has 0 aliphatic rings.